The lowest BCUT2D eigenvalue weighted by molar-refractivity contribution is -0.121. The molecule has 1 fully saturated rings. The Morgan fingerprint density at radius 2 is 2.00 bits per heavy atom. The number of carbonyl (C=O) groups excluding carboxylic acids is 2. The molecule has 1 saturated heterocycles. The molecule has 0 aromatic heterocycles. The molecule has 1 atom stereocenters. The van der Waals surface area contributed by atoms with E-state index < -0.39 is 5.25 Å². The van der Waals surface area contributed by atoms with E-state index in [2.05, 4.69) is 10.3 Å². The molecule has 1 heterocycles. The molecule has 0 bridgehead atoms. The van der Waals surface area contributed by atoms with Gasteiger partial charge in [0.1, 0.15) is 5.25 Å². The minimum atomic E-state index is -0.662. The van der Waals surface area contributed by atoms with Gasteiger partial charge in [0.15, 0.2) is 11.4 Å². The molecule has 0 saturated carbocycles. The summed E-state index contributed by atoms with van der Waals surface area (Å²) in [6, 6.07) is 15.6. The number of hydrogen-bond donors (Lipinski definition) is 1. The van der Waals surface area contributed by atoms with Gasteiger partial charge in [0.2, 0.25) is 11.8 Å². The van der Waals surface area contributed by atoms with Crippen LogP contribution in [0.2, 0.25) is 5.02 Å². The molecule has 2 aromatic carbocycles. The summed E-state index contributed by atoms with van der Waals surface area (Å²) in [6.07, 6.45) is 1.83. The summed E-state index contributed by atoms with van der Waals surface area (Å²) >= 11 is 7.01. The Morgan fingerprint density at radius 3 is 2.69 bits per heavy atom. The van der Waals surface area contributed by atoms with Crippen LogP contribution < -0.4 is 10.2 Å². The zero-order valence-corrected chi connectivity index (χ0v) is 15.0. The van der Waals surface area contributed by atoms with Gasteiger partial charge in [-0.3, -0.25) is 14.9 Å². The van der Waals surface area contributed by atoms with Crippen LogP contribution in [0.5, 0.6) is 0 Å². The highest BCUT2D eigenvalue weighted by Crippen LogP contribution is 2.31. The van der Waals surface area contributed by atoms with Gasteiger partial charge in [-0.2, -0.15) is 5.26 Å². The van der Waals surface area contributed by atoms with E-state index in [9.17, 15) is 9.59 Å². The van der Waals surface area contributed by atoms with Gasteiger partial charge < -0.3 is 0 Å². The molecule has 0 unspecified atom stereocenters. The van der Waals surface area contributed by atoms with Crippen LogP contribution in [-0.4, -0.2) is 22.2 Å². The molecule has 0 aliphatic carbocycles. The summed E-state index contributed by atoms with van der Waals surface area (Å²) in [5.41, 5.74) is 1.08. The van der Waals surface area contributed by atoms with Gasteiger partial charge in [-0.05, 0) is 30.3 Å². The van der Waals surface area contributed by atoms with Gasteiger partial charge in [0.25, 0.3) is 0 Å². The van der Waals surface area contributed by atoms with E-state index in [0.29, 0.717) is 16.4 Å². The average Bonchev–Trinajstić information content (AvgIpc) is 2.89. The molecule has 8 heteroatoms. The largest absolute Gasteiger partial charge is 0.274 e. The molecule has 2 aromatic rings. The SMILES string of the molecule is N#CNC(=Nc1ccccc1)S[C@H]1CC(=O)N(c2cccc(Cl)c2)C1=O. The van der Waals surface area contributed by atoms with Crippen molar-refractivity contribution < 1.29 is 9.59 Å². The smallest absolute Gasteiger partial charge is 0.247 e. The average molecular weight is 385 g/mol. The van der Waals surface area contributed by atoms with Crippen LogP contribution in [0.25, 0.3) is 0 Å². The van der Waals surface area contributed by atoms with Gasteiger partial charge in [-0.15, -0.1) is 0 Å². The molecule has 6 nitrogen and oxygen atoms in total. The van der Waals surface area contributed by atoms with Crippen molar-refractivity contribution in [2.24, 2.45) is 4.99 Å². The van der Waals surface area contributed by atoms with Gasteiger partial charge in [0, 0.05) is 11.4 Å². The van der Waals surface area contributed by atoms with E-state index >= 15 is 0 Å². The van der Waals surface area contributed by atoms with Crippen molar-refractivity contribution in [3.05, 3.63) is 59.6 Å². The number of halogens is 1. The third-order valence-electron chi connectivity index (χ3n) is 3.58. The number of nitrogens with zero attached hydrogens (tertiary/aromatic N) is 3. The Balaban J connectivity index is 1.81. The molecule has 1 aliphatic heterocycles. The first kappa shape index (κ1) is 18.0. The predicted molar refractivity (Wildman–Crippen MR) is 102 cm³/mol. The van der Waals surface area contributed by atoms with E-state index in [-0.39, 0.29) is 23.4 Å². The Morgan fingerprint density at radius 1 is 1.23 bits per heavy atom. The normalized spacial score (nSPS) is 17.3. The number of imide groups is 1. The quantitative estimate of drug-likeness (QED) is 0.288. The van der Waals surface area contributed by atoms with E-state index in [4.69, 9.17) is 16.9 Å². The van der Waals surface area contributed by atoms with Crippen molar-refractivity contribution in [1.29, 1.82) is 5.26 Å². The van der Waals surface area contributed by atoms with Crippen molar-refractivity contribution in [1.82, 2.24) is 5.32 Å². The monoisotopic (exact) mass is 384 g/mol. The van der Waals surface area contributed by atoms with E-state index in [1.54, 1.807) is 36.4 Å². The summed E-state index contributed by atoms with van der Waals surface area (Å²) in [5, 5.41) is 11.4. The van der Waals surface area contributed by atoms with Crippen LogP contribution in [0, 0.1) is 11.5 Å². The van der Waals surface area contributed by atoms with Gasteiger partial charge in [0.05, 0.1) is 11.4 Å². The minimum absolute atomic E-state index is 0.0247. The molecule has 1 aliphatic rings. The number of amides is 2. The fourth-order valence-electron chi connectivity index (χ4n) is 2.47. The fourth-order valence-corrected chi connectivity index (χ4v) is 3.62. The van der Waals surface area contributed by atoms with Crippen molar-refractivity contribution in [2.45, 2.75) is 11.7 Å². The fraction of sp³-hybridized carbons (Fsp3) is 0.111. The molecule has 26 heavy (non-hydrogen) atoms. The molecule has 130 valence electrons. The second-order valence-electron chi connectivity index (χ2n) is 5.35. The third-order valence-corrected chi connectivity index (χ3v) is 4.88. The summed E-state index contributed by atoms with van der Waals surface area (Å²) in [5.74, 6) is -0.673. The summed E-state index contributed by atoms with van der Waals surface area (Å²) in [6.45, 7) is 0. The lowest BCUT2D eigenvalue weighted by Gasteiger charge is -2.15. The van der Waals surface area contributed by atoms with Crippen LogP contribution in [-0.2, 0) is 9.59 Å². The summed E-state index contributed by atoms with van der Waals surface area (Å²) in [4.78, 5) is 30.5. The first-order valence-corrected chi connectivity index (χ1v) is 8.92. The number of hydrogen-bond acceptors (Lipinski definition) is 5. The number of anilines is 1. The topological polar surface area (TPSA) is 85.6 Å². The highest BCUT2D eigenvalue weighted by molar-refractivity contribution is 8.15. The van der Waals surface area contributed by atoms with Crippen molar-refractivity contribution >= 4 is 51.7 Å². The number of nitrogens with one attached hydrogen (secondary N) is 1. The van der Waals surface area contributed by atoms with Gasteiger partial charge in [-0.25, -0.2) is 9.89 Å². The Bertz CT molecular complexity index is 911. The third kappa shape index (κ3) is 4.04. The van der Waals surface area contributed by atoms with Gasteiger partial charge in [-0.1, -0.05) is 47.6 Å². The van der Waals surface area contributed by atoms with Crippen molar-refractivity contribution in [2.75, 3.05) is 4.90 Å². The first-order valence-electron chi connectivity index (χ1n) is 7.66. The van der Waals surface area contributed by atoms with Crippen molar-refractivity contribution in [3.63, 3.8) is 0 Å². The Labute approximate surface area is 159 Å². The highest BCUT2D eigenvalue weighted by atomic mass is 35.5. The summed E-state index contributed by atoms with van der Waals surface area (Å²) in [7, 11) is 0. The predicted octanol–water partition coefficient (Wildman–Crippen LogP) is 3.46. The lowest BCUT2D eigenvalue weighted by Crippen LogP contribution is -2.32. The number of nitriles is 1. The van der Waals surface area contributed by atoms with Crippen LogP contribution in [0.15, 0.2) is 59.6 Å². The van der Waals surface area contributed by atoms with E-state index in [1.807, 2.05) is 24.4 Å². The number of para-hydroxylation sites is 1. The second kappa shape index (κ2) is 8.04. The molecular formula is C18H13ClN4O2S. The number of benzene rings is 2. The van der Waals surface area contributed by atoms with E-state index in [0.717, 1.165) is 16.7 Å². The molecule has 2 amide bonds. The maximum absolute atomic E-state index is 12.7. The second-order valence-corrected chi connectivity index (χ2v) is 6.98. The van der Waals surface area contributed by atoms with Crippen LogP contribution in [0.1, 0.15) is 6.42 Å². The zero-order chi connectivity index (χ0) is 18.5. The Kier molecular flexibility index (Phi) is 5.56. The molecule has 0 spiro atoms. The summed E-state index contributed by atoms with van der Waals surface area (Å²) < 4.78 is 0. The number of amidine groups is 1. The molecule has 1 N–H and O–H groups in total. The molecular weight excluding hydrogens is 372 g/mol. The van der Waals surface area contributed by atoms with Crippen LogP contribution in [0.4, 0.5) is 11.4 Å². The number of carbonyl (C=O) groups is 2. The van der Waals surface area contributed by atoms with Crippen molar-refractivity contribution in [3.8, 4) is 6.19 Å². The number of aliphatic imine (C=N–C) groups is 1. The maximum Gasteiger partial charge on any atom is 0.247 e. The highest BCUT2D eigenvalue weighted by Gasteiger charge is 2.40. The van der Waals surface area contributed by atoms with E-state index in [1.165, 1.54) is 0 Å². The minimum Gasteiger partial charge on any atom is -0.274 e. The van der Waals surface area contributed by atoms with Gasteiger partial charge >= 0.3 is 0 Å². The first-order chi connectivity index (χ1) is 12.6. The maximum atomic E-state index is 12.7. The number of thioether (sulfide) groups is 1. The zero-order valence-electron chi connectivity index (χ0n) is 13.4. The molecule has 0 radical (unpaired) electrons. The number of rotatable bonds is 3. The Hall–Kier alpha value is -2.82. The lowest BCUT2D eigenvalue weighted by atomic mass is 10.3. The molecule has 3 rings (SSSR count). The van der Waals surface area contributed by atoms with Crippen LogP contribution >= 0.6 is 23.4 Å². The van der Waals surface area contributed by atoms with Crippen LogP contribution in [0.3, 0.4) is 0 Å². The standard InChI is InChI=1S/C18H13ClN4O2S/c19-12-5-4-8-14(9-12)23-16(24)10-15(17(23)25)26-18(21-11-20)22-13-6-2-1-3-7-13/h1-9,15H,10H2,(H,21,22)/t15-/m0/s1.